The minimum Gasteiger partial charge on any atom is -0.282 e. The molecule has 0 heterocycles. The molecule has 0 aromatic heterocycles. The molecule has 0 radical (unpaired) electrons. The standard InChI is InChI=1S/C10H16.C2H3ClO/c1-7-2-9-4-8(1)5-10(3-7)6-9;1-2(3)4/h7-10H,1-6H2;1H3. The van der Waals surface area contributed by atoms with Crippen LogP contribution in [-0.2, 0) is 4.79 Å². The Morgan fingerprint density at radius 1 is 0.857 bits per heavy atom. The molecular weight excluding hydrogens is 196 g/mol. The first-order valence-electron chi connectivity index (χ1n) is 5.79. The zero-order valence-corrected chi connectivity index (χ0v) is 9.59. The summed E-state index contributed by atoms with van der Waals surface area (Å²) < 4.78 is 0. The second-order valence-electron chi connectivity index (χ2n) is 5.35. The van der Waals surface area contributed by atoms with Gasteiger partial charge in [-0.25, -0.2) is 0 Å². The third-order valence-electron chi connectivity index (χ3n) is 4.00. The van der Waals surface area contributed by atoms with Gasteiger partial charge in [0.05, 0.1) is 0 Å². The van der Waals surface area contributed by atoms with E-state index < -0.39 is 0 Å². The van der Waals surface area contributed by atoms with Gasteiger partial charge in [0.1, 0.15) is 0 Å². The van der Waals surface area contributed by atoms with Crippen molar-refractivity contribution in [2.75, 3.05) is 0 Å². The van der Waals surface area contributed by atoms with Crippen LogP contribution in [0.4, 0.5) is 0 Å². The maximum absolute atomic E-state index is 9.21. The molecule has 0 unspecified atom stereocenters. The Labute approximate surface area is 91.2 Å². The lowest BCUT2D eigenvalue weighted by Crippen LogP contribution is -2.38. The molecule has 0 aromatic carbocycles. The number of carbonyl (C=O) groups excluding carboxylic acids is 1. The average Bonchev–Trinajstić information content (AvgIpc) is 1.98. The summed E-state index contributed by atoms with van der Waals surface area (Å²) in [6.07, 6.45) is 9.62. The lowest BCUT2D eigenvalue weighted by molar-refractivity contribution is -0.109. The number of carbonyl (C=O) groups is 1. The van der Waals surface area contributed by atoms with E-state index in [1.807, 2.05) is 0 Å². The summed E-state index contributed by atoms with van der Waals surface area (Å²) in [7, 11) is 0. The van der Waals surface area contributed by atoms with Gasteiger partial charge >= 0.3 is 0 Å². The Balaban J connectivity index is 0.000000165. The molecule has 4 aliphatic carbocycles. The maximum atomic E-state index is 9.21. The van der Waals surface area contributed by atoms with Gasteiger partial charge in [0.25, 0.3) is 0 Å². The number of halogens is 1. The summed E-state index contributed by atoms with van der Waals surface area (Å²) in [5.41, 5.74) is 0. The van der Waals surface area contributed by atoms with Crippen LogP contribution in [0.2, 0.25) is 0 Å². The van der Waals surface area contributed by atoms with Crippen molar-refractivity contribution in [1.29, 1.82) is 0 Å². The highest BCUT2D eigenvalue weighted by Gasteiger charge is 2.41. The SMILES string of the molecule is C1C2CC3CC1CC(C2)C3.CC(=O)Cl. The number of hydrogen-bond donors (Lipinski definition) is 0. The lowest BCUT2D eigenvalue weighted by Gasteiger charge is -2.49. The first kappa shape index (κ1) is 10.5. The van der Waals surface area contributed by atoms with Gasteiger partial charge < -0.3 is 0 Å². The molecule has 0 amide bonds. The second-order valence-corrected chi connectivity index (χ2v) is 5.88. The van der Waals surface area contributed by atoms with Gasteiger partial charge in [-0.05, 0) is 73.8 Å². The average molecular weight is 215 g/mol. The third kappa shape index (κ3) is 2.50. The van der Waals surface area contributed by atoms with Gasteiger partial charge in [0, 0.05) is 6.92 Å². The van der Waals surface area contributed by atoms with Gasteiger partial charge in [-0.3, -0.25) is 4.79 Å². The van der Waals surface area contributed by atoms with Crippen molar-refractivity contribution in [3.63, 3.8) is 0 Å². The highest BCUT2D eigenvalue weighted by Crippen LogP contribution is 2.53. The molecule has 1 nitrogen and oxygen atoms in total. The Hall–Kier alpha value is -0.0400. The van der Waals surface area contributed by atoms with Crippen LogP contribution < -0.4 is 0 Å². The van der Waals surface area contributed by atoms with Crippen molar-refractivity contribution in [3.8, 4) is 0 Å². The Morgan fingerprint density at radius 2 is 1.00 bits per heavy atom. The zero-order valence-electron chi connectivity index (χ0n) is 8.84. The topological polar surface area (TPSA) is 17.1 Å². The summed E-state index contributed by atoms with van der Waals surface area (Å²) in [6, 6.07) is 0. The van der Waals surface area contributed by atoms with Crippen molar-refractivity contribution < 1.29 is 4.79 Å². The van der Waals surface area contributed by atoms with E-state index in [0.29, 0.717) is 0 Å². The zero-order chi connectivity index (χ0) is 10.1. The molecule has 0 saturated heterocycles. The molecule has 0 N–H and O–H groups in total. The lowest BCUT2D eigenvalue weighted by atomic mass is 9.56. The molecule has 0 aliphatic heterocycles. The van der Waals surface area contributed by atoms with E-state index in [1.54, 1.807) is 38.5 Å². The summed E-state index contributed by atoms with van der Waals surface area (Å²) >= 11 is 4.64. The van der Waals surface area contributed by atoms with E-state index in [9.17, 15) is 4.79 Å². The largest absolute Gasteiger partial charge is 0.282 e. The fourth-order valence-electron chi connectivity index (χ4n) is 3.98. The highest BCUT2D eigenvalue weighted by molar-refractivity contribution is 6.62. The fourth-order valence-corrected chi connectivity index (χ4v) is 3.98. The van der Waals surface area contributed by atoms with Gasteiger partial charge in [0.15, 0.2) is 0 Å². The third-order valence-corrected chi connectivity index (χ3v) is 4.00. The summed E-state index contributed by atoms with van der Waals surface area (Å²) in [5.74, 6) is 4.71. The Kier molecular flexibility index (Phi) is 3.16. The van der Waals surface area contributed by atoms with Crippen LogP contribution in [0.5, 0.6) is 0 Å². The quantitative estimate of drug-likeness (QED) is 0.563. The Bertz CT molecular complexity index is 164. The van der Waals surface area contributed by atoms with E-state index >= 15 is 0 Å². The predicted molar refractivity (Wildman–Crippen MR) is 58.2 cm³/mol. The molecule has 0 spiro atoms. The minimum atomic E-state index is -0.361. The molecule has 0 atom stereocenters. The van der Waals surface area contributed by atoms with Crippen LogP contribution in [0.25, 0.3) is 0 Å². The van der Waals surface area contributed by atoms with E-state index in [-0.39, 0.29) is 5.24 Å². The molecule has 14 heavy (non-hydrogen) atoms. The first-order valence-corrected chi connectivity index (χ1v) is 6.17. The summed E-state index contributed by atoms with van der Waals surface area (Å²) in [4.78, 5) is 9.21. The van der Waals surface area contributed by atoms with Crippen molar-refractivity contribution in [3.05, 3.63) is 0 Å². The second kappa shape index (κ2) is 4.22. The molecule has 4 saturated carbocycles. The smallest absolute Gasteiger partial charge is 0.218 e. The normalized spacial score (nSPS) is 43.0. The van der Waals surface area contributed by atoms with Gasteiger partial charge in [-0.2, -0.15) is 0 Å². The number of rotatable bonds is 0. The highest BCUT2D eigenvalue weighted by atomic mass is 35.5. The van der Waals surface area contributed by atoms with Crippen molar-refractivity contribution >= 4 is 16.8 Å². The van der Waals surface area contributed by atoms with Gasteiger partial charge in [0.2, 0.25) is 5.24 Å². The van der Waals surface area contributed by atoms with Crippen LogP contribution >= 0.6 is 11.6 Å². The first-order chi connectivity index (χ1) is 6.63. The van der Waals surface area contributed by atoms with E-state index in [2.05, 4.69) is 11.6 Å². The Morgan fingerprint density at radius 3 is 1.14 bits per heavy atom. The summed E-state index contributed by atoms with van der Waals surface area (Å²) in [6.45, 7) is 1.29. The van der Waals surface area contributed by atoms with Crippen molar-refractivity contribution in [1.82, 2.24) is 0 Å². The van der Waals surface area contributed by atoms with Crippen LogP contribution in [-0.4, -0.2) is 5.24 Å². The molecule has 4 bridgehead atoms. The molecule has 4 fully saturated rings. The number of hydrogen-bond acceptors (Lipinski definition) is 1. The van der Waals surface area contributed by atoms with E-state index in [4.69, 9.17) is 0 Å². The molecule has 0 aromatic rings. The van der Waals surface area contributed by atoms with E-state index in [0.717, 1.165) is 0 Å². The molecule has 80 valence electrons. The van der Waals surface area contributed by atoms with Crippen molar-refractivity contribution in [2.24, 2.45) is 23.7 Å². The summed E-state index contributed by atoms with van der Waals surface area (Å²) in [5, 5.41) is -0.361. The molecular formula is C12H19ClO. The van der Waals surface area contributed by atoms with E-state index in [1.165, 1.54) is 30.6 Å². The monoisotopic (exact) mass is 214 g/mol. The molecule has 4 aliphatic rings. The van der Waals surface area contributed by atoms with Crippen molar-refractivity contribution in [2.45, 2.75) is 45.4 Å². The fraction of sp³-hybridized carbons (Fsp3) is 0.917. The molecule has 2 heteroatoms. The van der Waals surface area contributed by atoms with Crippen LogP contribution in [0, 0.1) is 23.7 Å². The molecule has 4 rings (SSSR count). The van der Waals surface area contributed by atoms with Crippen LogP contribution in [0.3, 0.4) is 0 Å². The van der Waals surface area contributed by atoms with Crippen LogP contribution in [0.1, 0.15) is 45.4 Å². The van der Waals surface area contributed by atoms with Crippen LogP contribution in [0.15, 0.2) is 0 Å². The van der Waals surface area contributed by atoms with Gasteiger partial charge in [-0.15, -0.1) is 0 Å². The van der Waals surface area contributed by atoms with Gasteiger partial charge in [-0.1, -0.05) is 0 Å². The maximum Gasteiger partial charge on any atom is 0.218 e. The minimum absolute atomic E-state index is 0.361. The predicted octanol–water partition coefficient (Wildman–Crippen LogP) is 3.60.